The SMILES string of the molecule is CC(C)CNc1n[nH]c(=O)[nH]c1=O. The van der Waals surface area contributed by atoms with Crippen LogP contribution in [0.4, 0.5) is 5.82 Å². The van der Waals surface area contributed by atoms with Crippen LogP contribution in [0.2, 0.25) is 0 Å². The number of anilines is 1. The molecule has 3 N–H and O–H groups in total. The lowest BCUT2D eigenvalue weighted by molar-refractivity contribution is 0.683. The van der Waals surface area contributed by atoms with Crippen LogP contribution >= 0.6 is 0 Å². The zero-order valence-corrected chi connectivity index (χ0v) is 7.55. The molecule has 1 aromatic rings. The van der Waals surface area contributed by atoms with E-state index in [9.17, 15) is 9.59 Å². The molecule has 0 aliphatic rings. The predicted molar refractivity (Wildman–Crippen MR) is 48.8 cm³/mol. The number of nitrogens with one attached hydrogen (secondary N) is 3. The number of H-pyrrole nitrogens is 2. The Hall–Kier alpha value is -1.59. The summed E-state index contributed by atoms with van der Waals surface area (Å²) in [4.78, 5) is 23.7. The van der Waals surface area contributed by atoms with Gasteiger partial charge in [0.05, 0.1) is 0 Å². The Kier molecular flexibility index (Phi) is 2.84. The Morgan fingerprint density at radius 3 is 2.69 bits per heavy atom. The van der Waals surface area contributed by atoms with Crippen LogP contribution in [0.3, 0.4) is 0 Å². The number of rotatable bonds is 3. The van der Waals surface area contributed by atoms with Crippen LogP contribution < -0.4 is 16.6 Å². The third-order valence-corrected chi connectivity index (χ3v) is 1.39. The monoisotopic (exact) mass is 184 g/mol. The minimum absolute atomic E-state index is 0.147. The van der Waals surface area contributed by atoms with Crippen LogP contribution in [0.5, 0.6) is 0 Å². The topological polar surface area (TPSA) is 90.6 Å². The molecule has 0 amide bonds. The summed E-state index contributed by atoms with van der Waals surface area (Å²) in [6.07, 6.45) is 0. The molecule has 1 aromatic heterocycles. The zero-order chi connectivity index (χ0) is 9.84. The maximum atomic E-state index is 11.1. The zero-order valence-electron chi connectivity index (χ0n) is 7.55. The standard InChI is InChI=1S/C7H12N4O2/c1-4(2)3-8-5-6(12)9-7(13)11-10-5/h4H,3H2,1-2H3,(H,8,10)(H2,9,11,12,13). The highest BCUT2D eigenvalue weighted by atomic mass is 16.2. The largest absolute Gasteiger partial charge is 0.364 e. The summed E-state index contributed by atoms with van der Waals surface area (Å²) < 4.78 is 0. The molecule has 13 heavy (non-hydrogen) atoms. The fourth-order valence-corrected chi connectivity index (χ4v) is 0.768. The third kappa shape index (κ3) is 2.73. The van der Waals surface area contributed by atoms with Gasteiger partial charge in [-0.2, -0.15) is 0 Å². The van der Waals surface area contributed by atoms with Gasteiger partial charge in [0.25, 0.3) is 5.56 Å². The third-order valence-electron chi connectivity index (χ3n) is 1.39. The Labute approximate surface area is 74.4 Å². The van der Waals surface area contributed by atoms with Crippen molar-refractivity contribution in [3.63, 3.8) is 0 Å². The molecule has 0 saturated heterocycles. The molecule has 0 fully saturated rings. The van der Waals surface area contributed by atoms with E-state index in [1.807, 2.05) is 13.8 Å². The highest BCUT2D eigenvalue weighted by Gasteiger charge is 2.01. The first-order valence-electron chi connectivity index (χ1n) is 4.02. The summed E-state index contributed by atoms with van der Waals surface area (Å²) in [5.41, 5.74) is -1.09. The van der Waals surface area contributed by atoms with E-state index in [4.69, 9.17) is 0 Å². The average molecular weight is 184 g/mol. The Morgan fingerprint density at radius 1 is 1.46 bits per heavy atom. The van der Waals surface area contributed by atoms with E-state index in [0.29, 0.717) is 12.5 Å². The van der Waals surface area contributed by atoms with Crippen LogP contribution in [-0.2, 0) is 0 Å². The lowest BCUT2D eigenvalue weighted by atomic mass is 10.2. The Bertz CT molecular complexity index is 379. The molecule has 0 saturated carbocycles. The summed E-state index contributed by atoms with van der Waals surface area (Å²) in [5.74, 6) is 0.557. The molecular weight excluding hydrogens is 172 g/mol. The van der Waals surface area contributed by atoms with Crippen molar-refractivity contribution in [3.05, 3.63) is 20.8 Å². The molecule has 0 aliphatic carbocycles. The van der Waals surface area contributed by atoms with Gasteiger partial charge in [-0.3, -0.25) is 9.78 Å². The molecule has 0 spiro atoms. The summed E-state index contributed by atoms with van der Waals surface area (Å²) in [6.45, 7) is 4.65. The molecule has 0 bridgehead atoms. The maximum absolute atomic E-state index is 11.1. The van der Waals surface area contributed by atoms with Gasteiger partial charge in [0.15, 0.2) is 0 Å². The second-order valence-corrected chi connectivity index (χ2v) is 3.13. The second-order valence-electron chi connectivity index (χ2n) is 3.13. The summed E-state index contributed by atoms with van der Waals surface area (Å²) in [7, 11) is 0. The van der Waals surface area contributed by atoms with E-state index >= 15 is 0 Å². The van der Waals surface area contributed by atoms with E-state index in [2.05, 4.69) is 20.5 Å². The Morgan fingerprint density at radius 2 is 2.15 bits per heavy atom. The molecular formula is C7H12N4O2. The molecule has 0 aromatic carbocycles. The highest BCUT2D eigenvalue weighted by Crippen LogP contribution is 1.93. The van der Waals surface area contributed by atoms with Gasteiger partial charge in [0.1, 0.15) is 0 Å². The summed E-state index contributed by atoms with van der Waals surface area (Å²) in [6, 6.07) is 0. The number of hydrogen-bond acceptors (Lipinski definition) is 4. The van der Waals surface area contributed by atoms with Crippen molar-refractivity contribution in [1.29, 1.82) is 0 Å². The van der Waals surface area contributed by atoms with E-state index in [-0.39, 0.29) is 5.82 Å². The van der Waals surface area contributed by atoms with Crippen molar-refractivity contribution in [2.45, 2.75) is 13.8 Å². The van der Waals surface area contributed by atoms with Crippen molar-refractivity contribution in [3.8, 4) is 0 Å². The van der Waals surface area contributed by atoms with Gasteiger partial charge in [0.2, 0.25) is 5.82 Å². The van der Waals surface area contributed by atoms with Gasteiger partial charge >= 0.3 is 5.69 Å². The number of aromatic amines is 2. The normalized spacial score (nSPS) is 10.4. The van der Waals surface area contributed by atoms with Crippen molar-refractivity contribution >= 4 is 5.82 Å². The first-order valence-corrected chi connectivity index (χ1v) is 4.02. The molecule has 0 unspecified atom stereocenters. The maximum Gasteiger partial charge on any atom is 0.342 e. The predicted octanol–water partition coefficient (Wildman–Crippen LogP) is -0.474. The van der Waals surface area contributed by atoms with Crippen LogP contribution in [-0.4, -0.2) is 21.7 Å². The average Bonchev–Trinajstić information content (AvgIpc) is 2.02. The van der Waals surface area contributed by atoms with Crippen LogP contribution in [0.25, 0.3) is 0 Å². The molecule has 72 valence electrons. The van der Waals surface area contributed by atoms with E-state index < -0.39 is 11.2 Å². The van der Waals surface area contributed by atoms with Gasteiger partial charge in [0, 0.05) is 6.54 Å². The van der Waals surface area contributed by atoms with Crippen LogP contribution in [0.1, 0.15) is 13.8 Å². The smallest absolute Gasteiger partial charge is 0.342 e. The molecule has 0 atom stereocenters. The molecule has 0 aliphatic heterocycles. The first kappa shape index (κ1) is 9.50. The summed E-state index contributed by atoms with van der Waals surface area (Å²) in [5, 5.41) is 8.51. The van der Waals surface area contributed by atoms with Crippen LogP contribution in [0, 0.1) is 5.92 Å². The highest BCUT2D eigenvalue weighted by molar-refractivity contribution is 5.28. The van der Waals surface area contributed by atoms with E-state index in [1.54, 1.807) is 0 Å². The van der Waals surface area contributed by atoms with Crippen molar-refractivity contribution in [1.82, 2.24) is 15.2 Å². The second kappa shape index (κ2) is 3.88. The van der Waals surface area contributed by atoms with Crippen molar-refractivity contribution in [2.75, 3.05) is 11.9 Å². The number of aromatic nitrogens is 3. The van der Waals surface area contributed by atoms with Crippen molar-refractivity contribution in [2.24, 2.45) is 5.92 Å². The fourth-order valence-electron chi connectivity index (χ4n) is 0.768. The number of nitrogens with zero attached hydrogens (tertiary/aromatic N) is 1. The summed E-state index contributed by atoms with van der Waals surface area (Å²) >= 11 is 0. The minimum atomic E-state index is -0.597. The minimum Gasteiger partial charge on any atom is -0.364 e. The quantitative estimate of drug-likeness (QED) is 0.592. The van der Waals surface area contributed by atoms with Gasteiger partial charge in [-0.1, -0.05) is 13.8 Å². The first-order chi connectivity index (χ1) is 6.09. The fraction of sp³-hybridized carbons (Fsp3) is 0.571. The van der Waals surface area contributed by atoms with Gasteiger partial charge in [-0.05, 0) is 5.92 Å². The van der Waals surface area contributed by atoms with Crippen LogP contribution in [0.15, 0.2) is 9.59 Å². The molecule has 1 heterocycles. The lowest BCUT2D eigenvalue weighted by Crippen LogP contribution is -2.27. The lowest BCUT2D eigenvalue weighted by Gasteiger charge is -2.05. The molecule has 6 heteroatoms. The van der Waals surface area contributed by atoms with E-state index in [1.165, 1.54) is 0 Å². The van der Waals surface area contributed by atoms with E-state index in [0.717, 1.165) is 0 Å². The number of hydrogen-bond donors (Lipinski definition) is 3. The molecule has 0 radical (unpaired) electrons. The molecule has 1 rings (SSSR count). The van der Waals surface area contributed by atoms with Gasteiger partial charge in [-0.15, -0.1) is 5.10 Å². The molecule has 6 nitrogen and oxygen atoms in total. The van der Waals surface area contributed by atoms with Gasteiger partial charge < -0.3 is 5.32 Å². The Balaban J connectivity index is 2.79. The van der Waals surface area contributed by atoms with Gasteiger partial charge in [-0.25, -0.2) is 9.89 Å². The van der Waals surface area contributed by atoms with Crippen molar-refractivity contribution < 1.29 is 0 Å².